The lowest BCUT2D eigenvalue weighted by Crippen LogP contribution is -2.26. The maximum atomic E-state index is 12.4. The van der Waals surface area contributed by atoms with E-state index in [9.17, 15) is 9.59 Å². The molecule has 3 aromatic rings. The fraction of sp³-hybridized carbons (Fsp3) is 0.100. The summed E-state index contributed by atoms with van der Waals surface area (Å²) in [5.74, 6) is 1.31. The zero-order valence-corrected chi connectivity index (χ0v) is 17.2. The number of benzene rings is 2. The largest absolute Gasteiger partial charge is 0.497 e. The molecule has 0 aliphatic rings. The number of hydrogen-bond donors (Lipinski definition) is 1. The molecule has 0 aliphatic carbocycles. The number of carbonyl (C=O) groups excluding carboxylic acids is 1. The van der Waals surface area contributed by atoms with Crippen LogP contribution in [0, 0.1) is 0 Å². The first-order valence-electron chi connectivity index (χ1n) is 8.22. The SMILES string of the molecule is COc1ccc(Oc2ccc(Cl)cc2NC(=O)Cn2cc(Br)ccc2=O)cc1. The molecule has 1 heterocycles. The van der Waals surface area contributed by atoms with Crippen molar-refractivity contribution in [2.24, 2.45) is 0 Å². The smallest absolute Gasteiger partial charge is 0.251 e. The van der Waals surface area contributed by atoms with Gasteiger partial charge in [-0.25, -0.2) is 0 Å². The molecule has 0 atom stereocenters. The van der Waals surface area contributed by atoms with E-state index in [0.717, 1.165) is 0 Å². The fourth-order valence-corrected chi connectivity index (χ4v) is 2.98. The number of rotatable bonds is 6. The van der Waals surface area contributed by atoms with Crippen molar-refractivity contribution >= 4 is 39.1 Å². The highest BCUT2D eigenvalue weighted by atomic mass is 79.9. The van der Waals surface area contributed by atoms with Crippen LogP contribution in [0.4, 0.5) is 5.69 Å². The van der Waals surface area contributed by atoms with E-state index in [-0.39, 0.29) is 18.0 Å². The van der Waals surface area contributed by atoms with E-state index in [2.05, 4.69) is 21.2 Å². The second-order valence-electron chi connectivity index (χ2n) is 5.78. The summed E-state index contributed by atoms with van der Waals surface area (Å²) >= 11 is 9.35. The van der Waals surface area contributed by atoms with Crippen molar-refractivity contribution in [3.63, 3.8) is 0 Å². The number of nitrogens with one attached hydrogen (secondary N) is 1. The average molecular weight is 464 g/mol. The van der Waals surface area contributed by atoms with Gasteiger partial charge in [-0.1, -0.05) is 11.6 Å². The lowest BCUT2D eigenvalue weighted by atomic mass is 10.2. The molecular weight excluding hydrogens is 448 g/mol. The first-order valence-corrected chi connectivity index (χ1v) is 9.39. The van der Waals surface area contributed by atoms with Crippen LogP contribution in [0.2, 0.25) is 5.02 Å². The van der Waals surface area contributed by atoms with Gasteiger partial charge in [0.05, 0.1) is 12.8 Å². The van der Waals surface area contributed by atoms with E-state index in [4.69, 9.17) is 21.1 Å². The van der Waals surface area contributed by atoms with Gasteiger partial charge in [-0.15, -0.1) is 0 Å². The molecule has 6 nitrogen and oxygen atoms in total. The summed E-state index contributed by atoms with van der Waals surface area (Å²) in [6.07, 6.45) is 1.55. The van der Waals surface area contributed by atoms with Crippen molar-refractivity contribution in [1.29, 1.82) is 0 Å². The van der Waals surface area contributed by atoms with E-state index in [1.54, 1.807) is 61.8 Å². The van der Waals surface area contributed by atoms with E-state index in [1.165, 1.54) is 10.6 Å². The van der Waals surface area contributed by atoms with E-state index in [0.29, 0.717) is 32.4 Å². The molecule has 3 rings (SSSR count). The number of pyridine rings is 1. The first-order chi connectivity index (χ1) is 13.4. The first kappa shape index (κ1) is 20.0. The lowest BCUT2D eigenvalue weighted by Gasteiger charge is -2.14. The fourth-order valence-electron chi connectivity index (χ4n) is 2.43. The Balaban J connectivity index is 1.78. The van der Waals surface area contributed by atoms with Crippen molar-refractivity contribution in [2.45, 2.75) is 6.54 Å². The molecule has 28 heavy (non-hydrogen) atoms. The molecule has 1 aromatic heterocycles. The normalized spacial score (nSPS) is 10.4. The Morgan fingerprint density at radius 1 is 1.11 bits per heavy atom. The number of amides is 1. The number of aromatic nitrogens is 1. The van der Waals surface area contributed by atoms with Crippen LogP contribution in [0.5, 0.6) is 17.2 Å². The van der Waals surface area contributed by atoms with Crippen LogP contribution in [-0.4, -0.2) is 17.6 Å². The number of nitrogens with zero attached hydrogens (tertiary/aromatic N) is 1. The summed E-state index contributed by atoms with van der Waals surface area (Å²) in [6.45, 7) is -0.146. The van der Waals surface area contributed by atoms with Crippen molar-refractivity contribution in [3.05, 3.63) is 80.6 Å². The second kappa shape index (κ2) is 8.95. The molecule has 0 unspecified atom stereocenters. The van der Waals surface area contributed by atoms with Gasteiger partial charge in [-0.05, 0) is 64.5 Å². The Morgan fingerprint density at radius 3 is 2.54 bits per heavy atom. The van der Waals surface area contributed by atoms with Crippen molar-refractivity contribution in [2.75, 3.05) is 12.4 Å². The molecule has 144 valence electrons. The summed E-state index contributed by atoms with van der Waals surface area (Å²) in [7, 11) is 1.58. The number of ether oxygens (including phenoxy) is 2. The third-order valence-corrected chi connectivity index (χ3v) is 4.47. The summed E-state index contributed by atoms with van der Waals surface area (Å²) < 4.78 is 13.0. The van der Waals surface area contributed by atoms with Gasteiger partial charge in [0.25, 0.3) is 5.56 Å². The van der Waals surface area contributed by atoms with Gasteiger partial charge in [-0.3, -0.25) is 9.59 Å². The van der Waals surface area contributed by atoms with Gasteiger partial charge in [0, 0.05) is 21.8 Å². The average Bonchev–Trinajstić information content (AvgIpc) is 2.67. The van der Waals surface area contributed by atoms with E-state index in [1.807, 2.05) is 0 Å². The van der Waals surface area contributed by atoms with Gasteiger partial charge in [0.2, 0.25) is 5.91 Å². The molecule has 1 amide bonds. The Labute approximate surface area is 174 Å². The van der Waals surface area contributed by atoms with Crippen molar-refractivity contribution in [3.8, 4) is 17.2 Å². The van der Waals surface area contributed by atoms with Crippen LogP contribution in [0.1, 0.15) is 0 Å². The standard InChI is InChI=1S/C20H16BrClN2O4/c1-27-15-4-6-16(7-5-15)28-18-8-3-14(22)10-17(18)23-19(25)12-24-11-13(21)2-9-20(24)26/h2-11H,12H2,1H3,(H,23,25). The number of halogens is 2. The molecule has 0 radical (unpaired) electrons. The summed E-state index contributed by atoms with van der Waals surface area (Å²) in [4.78, 5) is 24.3. The van der Waals surface area contributed by atoms with Gasteiger partial charge in [-0.2, -0.15) is 0 Å². The predicted octanol–water partition coefficient (Wildman–Crippen LogP) is 4.70. The number of anilines is 1. The summed E-state index contributed by atoms with van der Waals surface area (Å²) in [5, 5.41) is 3.18. The minimum Gasteiger partial charge on any atom is -0.497 e. The summed E-state index contributed by atoms with van der Waals surface area (Å²) in [5.41, 5.74) is 0.121. The Morgan fingerprint density at radius 2 is 1.82 bits per heavy atom. The predicted molar refractivity (Wildman–Crippen MR) is 112 cm³/mol. The molecule has 0 saturated carbocycles. The van der Waals surface area contributed by atoms with Crippen LogP contribution in [0.15, 0.2) is 70.1 Å². The van der Waals surface area contributed by atoms with Crippen LogP contribution in [0.3, 0.4) is 0 Å². The van der Waals surface area contributed by atoms with Crippen LogP contribution in [0.25, 0.3) is 0 Å². The minimum atomic E-state index is -0.387. The molecule has 0 bridgehead atoms. The molecule has 8 heteroatoms. The molecule has 0 saturated heterocycles. The molecular formula is C20H16BrClN2O4. The Kier molecular flexibility index (Phi) is 6.38. The van der Waals surface area contributed by atoms with Crippen molar-refractivity contribution in [1.82, 2.24) is 4.57 Å². The lowest BCUT2D eigenvalue weighted by molar-refractivity contribution is -0.116. The summed E-state index contributed by atoms with van der Waals surface area (Å²) in [6, 6.07) is 14.9. The minimum absolute atomic E-state index is 0.146. The molecule has 0 spiro atoms. The number of methoxy groups -OCH3 is 1. The zero-order valence-electron chi connectivity index (χ0n) is 14.8. The van der Waals surface area contributed by atoms with Crippen LogP contribution >= 0.6 is 27.5 Å². The molecule has 2 aromatic carbocycles. The molecule has 1 N–H and O–H groups in total. The monoisotopic (exact) mass is 462 g/mol. The van der Waals surface area contributed by atoms with E-state index < -0.39 is 0 Å². The number of hydrogen-bond acceptors (Lipinski definition) is 4. The highest BCUT2D eigenvalue weighted by Gasteiger charge is 2.11. The third kappa shape index (κ3) is 5.15. The van der Waals surface area contributed by atoms with Crippen LogP contribution < -0.4 is 20.3 Å². The highest BCUT2D eigenvalue weighted by molar-refractivity contribution is 9.10. The van der Waals surface area contributed by atoms with Crippen molar-refractivity contribution < 1.29 is 14.3 Å². The maximum Gasteiger partial charge on any atom is 0.251 e. The number of carbonyl (C=O) groups is 1. The van der Waals surface area contributed by atoms with Crippen LogP contribution in [-0.2, 0) is 11.3 Å². The van der Waals surface area contributed by atoms with E-state index >= 15 is 0 Å². The highest BCUT2D eigenvalue weighted by Crippen LogP contribution is 2.32. The van der Waals surface area contributed by atoms with Gasteiger partial charge >= 0.3 is 0 Å². The Bertz CT molecular complexity index is 1050. The Hall–Kier alpha value is -2.77. The van der Waals surface area contributed by atoms with Gasteiger partial charge < -0.3 is 19.4 Å². The second-order valence-corrected chi connectivity index (χ2v) is 7.13. The quantitative estimate of drug-likeness (QED) is 0.575. The molecule has 0 fully saturated rings. The topological polar surface area (TPSA) is 69.6 Å². The maximum absolute atomic E-state index is 12.4. The molecule has 0 aliphatic heterocycles. The van der Waals surface area contributed by atoms with Gasteiger partial charge in [0.15, 0.2) is 5.75 Å². The zero-order chi connectivity index (χ0) is 20.1. The third-order valence-electron chi connectivity index (χ3n) is 3.76. The van der Waals surface area contributed by atoms with Gasteiger partial charge in [0.1, 0.15) is 18.0 Å².